The zero-order valence-corrected chi connectivity index (χ0v) is 16.6. The van der Waals surface area contributed by atoms with E-state index >= 15 is 0 Å². The topological polar surface area (TPSA) is 71.4 Å². The third-order valence-corrected chi connectivity index (χ3v) is 3.76. The summed E-state index contributed by atoms with van der Waals surface area (Å²) in [6, 6.07) is 3.80. The number of guanidine groups is 1. The minimum atomic E-state index is 0. The van der Waals surface area contributed by atoms with E-state index in [1.807, 2.05) is 25.3 Å². The number of aryl methyl sites for hydroxylation is 1. The summed E-state index contributed by atoms with van der Waals surface area (Å²) in [7, 11) is 1.60. The van der Waals surface area contributed by atoms with E-state index in [1.54, 1.807) is 24.6 Å². The minimum absolute atomic E-state index is 0. The Labute approximate surface area is 157 Å². The van der Waals surface area contributed by atoms with Crippen LogP contribution in [-0.2, 0) is 13.1 Å². The standard InChI is InChI=1S/C15H21N5OS.HI/c1-4-16-15(20-10-14-18-7-11(2)22-14)19-9-12-5-6-13(21-3)17-8-12;/h5-8H,4,9-10H2,1-3H3,(H2,16,19,20);1H. The van der Waals surface area contributed by atoms with E-state index in [2.05, 4.69) is 32.5 Å². The fourth-order valence-electron chi connectivity index (χ4n) is 1.78. The number of nitrogens with zero attached hydrogens (tertiary/aromatic N) is 3. The Morgan fingerprint density at radius 1 is 1.26 bits per heavy atom. The number of halogens is 1. The molecular weight excluding hydrogens is 425 g/mol. The molecule has 23 heavy (non-hydrogen) atoms. The Bertz CT molecular complexity index is 615. The maximum Gasteiger partial charge on any atom is 0.212 e. The highest BCUT2D eigenvalue weighted by Gasteiger charge is 2.02. The van der Waals surface area contributed by atoms with Crippen molar-refractivity contribution in [2.45, 2.75) is 26.9 Å². The molecule has 0 aliphatic heterocycles. The van der Waals surface area contributed by atoms with Crippen molar-refractivity contribution >= 4 is 41.3 Å². The molecule has 0 saturated heterocycles. The van der Waals surface area contributed by atoms with Gasteiger partial charge in [0.25, 0.3) is 0 Å². The largest absolute Gasteiger partial charge is 0.481 e. The van der Waals surface area contributed by atoms with Crippen LogP contribution in [0, 0.1) is 6.92 Å². The lowest BCUT2D eigenvalue weighted by Gasteiger charge is -2.10. The molecule has 0 atom stereocenters. The molecular formula is C15H22IN5OS. The van der Waals surface area contributed by atoms with Gasteiger partial charge in [-0.15, -0.1) is 35.3 Å². The molecule has 0 fully saturated rings. The number of nitrogens with one attached hydrogen (secondary N) is 2. The van der Waals surface area contributed by atoms with Crippen molar-refractivity contribution in [3.63, 3.8) is 0 Å². The van der Waals surface area contributed by atoms with Crippen LogP contribution in [0.4, 0.5) is 0 Å². The smallest absolute Gasteiger partial charge is 0.212 e. The molecule has 2 aromatic heterocycles. The second-order valence-electron chi connectivity index (χ2n) is 4.62. The second-order valence-corrected chi connectivity index (χ2v) is 5.94. The van der Waals surface area contributed by atoms with Gasteiger partial charge in [-0.1, -0.05) is 6.07 Å². The predicted molar refractivity (Wildman–Crippen MR) is 105 cm³/mol. The minimum Gasteiger partial charge on any atom is -0.481 e. The second kappa shape index (κ2) is 10.4. The number of hydrogen-bond acceptors (Lipinski definition) is 5. The van der Waals surface area contributed by atoms with Gasteiger partial charge in [0.15, 0.2) is 5.96 Å². The number of aromatic nitrogens is 2. The van der Waals surface area contributed by atoms with Gasteiger partial charge < -0.3 is 15.4 Å². The first-order chi connectivity index (χ1) is 10.7. The molecule has 0 radical (unpaired) electrons. The van der Waals surface area contributed by atoms with E-state index in [0.717, 1.165) is 23.1 Å². The van der Waals surface area contributed by atoms with Crippen LogP contribution in [0.5, 0.6) is 5.88 Å². The fraction of sp³-hybridized carbons (Fsp3) is 0.400. The molecule has 2 heterocycles. The van der Waals surface area contributed by atoms with Crippen LogP contribution in [0.2, 0.25) is 0 Å². The van der Waals surface area contributed by atoms with E-state index in [-0.39, 0.29) is 24.0 Å². The maximum atomic E-state index is 5.05. The van der Waals surface area contributed by atoms with E-state index in [0.29, 0.717) is 19.0 Å². The molecule has 2 N–H and O–H groups in total. The lowest BCUT2D eigenvalue weighted by Crippen LogP contribution is -2.36. The fourth-order valence-corrected chi connectivity index (χ4v) is 2.51. The molecule has 2 aromatic rings. The Balaban J connectivity index is 0.00000264. The van der Waals surface area contributed by atoms with E-state index in [4.69, 9.17) is 4.74 Å². The first kappa shape index (κ1) is 19.6. The summed E-state index contributed by atoms with van der Waals surface area (Å²) in [5.74, 6) is 1.38. The molecule has 0 aliphatic rings. The lowest BCUT2D eigenvalue weighted by molar-refractivity contribution is 0.397. The molecule has 0 spiro atoms. The summed E-state index contributed by atoms with van der Waals surface area (Å²) in [5.41, 5.74) is 1.03. The van der Waals surface area contributed by atoms with Gasteiger partial charge in [-0.25, -0.2) is 15.0 Å². The SMILES string of the molecule is CCNC(=NCc1ccc(OC)nc1)NCc1ncc(C)s1.I. The maximum absolute atomic E-state index is 5.05. The number of aliphatic imine (C=N–C) groups is 1. The van der Waals surface area contributed by atoms with Crippen molar-refractivity contribution in [1.82, 2.24) is 20.6 Å². The molecule has 0 saturated carbocycles. The number of pyridine rings is 1. The highest BCUT2D eigenvalue weighted by atomic mass is 127. The van der Waals surface area contributed by atoms with Gasteiger partial charge >= 0.3 is 0 Å². The van der Waals surface area contributed by atoms with Crippen LogP contribution in [0.3, 0.4) is 0 Å². The molecule has 0 aromatic carbocycles. The Morgan fingerprint density at radius 3 is 2.65 bits per heavy atom. The van der Waals surface area contributed by atoms with Gasteiger partial charge in [-0.05, 0) is 19.4 Å². The van der Waals surface area contributed by atoms with Crippen LogP contribution >= 0.6 is 35.3 Å². The highest BCUT2D eigenvalue weighted by Crippen LogP contribution is 2.10. The number of hydrogen-bond donors (Lipinski definition) is 2. The number of ether oxygens (including phenoxy) is 1. The number of rotatable bonds is 6. The summed E-state index contributed by atoms with van der Waals surface area (Å²) < 4.78 is 5.05. The normalized spacial score (nSPS) is 10.8. The van der Waals surface area contributed by atoms with Gasteiger partial charge in [0.05, 0.1) is 20.2 Å². The Kier molecular flexibility index (Phi) is 8.85. The average Bonchev–Trinajstić information content (AvgIpc) is 2.96. The molecule has 0 bridgehead atoms. The van der Waals surface area contributed by atoms with Crippen molar-refractivity contribution in [2.24, 2.45) is 4.99 Å². The van der Waals surface area contributed by atoms with Crippen LogP contribution < -0.4 is 15.4 Å². The molecule has 8 heteroatoms. The number of thiazole rings is 1. The van der Waals surface area contributed by atoms with Crippen LogP contribution in [0.1, 0.15) is 22.4 Å². The van der Waals surface area contributed by atoms with Crippen molar-refractivity contribution in [3.8, 4) is 5.88 Å². The summed E-state index contributed by atoms with van der Waals surface area (Å²) >= 11 is 1.69. The number of methoxy groups -OCH3 is 1. The third kappa shape index (κ3) is 6.69. The predicted octanol–water partition coefficient (Wildman–Crippen LogP) is 2.73. The molecule has 6 nitrogen and oxygen atoms in total. The Hall–Kier alpha value is -1.42. The van der Waals surface area contributed by atoms with Gasteiger partial charge in [0.1, 0.15) is 5.01 Å². The quantitative estimate of drug-likeness (QED) is 0.405. The zero-order chi connectivity index (χ0) is 15.8. The van der Waals surface area contributed by atoms with E-state index in [9.17, 15) is 0 Å². The summed E-state index contributed by atoms with van der Waals surface area (Å²) in [4.78, 5) is 14.3. The molecule has 0 aliphatic carbocycles. The first-order valence-corrected chi connectivity index (χ1v) is 7.95. The van der Waals surface area contributed by atoms with Crippen molar-refractivity contribution in [2.75, 3.05) is 13.7 Å². The van der Waals surface area contributed by atoms with Crippen LogP contribution in [0.15, 0.2) is 29.5 Å². The van der Waals surface area contributed by atoms with Crippen LogP contribution in [0.25, 0.3) is 0 Å². The summed E-state index contributed by atoms with van der Waals surface area (Å²) in [5, 5.41) is 7.56. The van der Waals surface area contributed by atoms with Gasteiger partial charge in [-0.2, -0.15) is 0 Å². The molecule has 0 unspecified atom stereocenters. The summed E-state index contributed by atoms with van der Waals surface area (Å²) in [6.07, 6.45) is 3.66. The Morgan fingerprint density at radius 2 is 2.09 bits per heavy atom. The van der Waals surface area contributed by atoms with Crippen molar-refractivity contribution in [3.05, 3.63) is 40.0 Å². The van der Waals surface area contributed by atoms with Gasteiger partial charge in [0, 0.05) is 29.9 Å². The highest BCUT2D eigenvalue weighted by molar-refractivity contribution is 14.0. The van der Waals surface area contributed by atoms with Crippen molar-refractivity contribution < 1.29 is 4.74 Å². The lowest BCUT2D eigenvalue weighted by atomic mass is 10.3. The van der Waals surface area contributed by atoms with E-state index in [1.165, 1.54) is 4.88 Å². The monoisotopic (exact) mass is 447 g/mol. The van der Waals surface area contributed by atoms with E-state index < -0.39 is 0 Å². The van der Waals surface area contributed by atoms with Crippen molar-refractivity contribution in [1.29, 1.82) is 0 Å². The average molecular weight is 447 g/mol. The molecule has 2 rings (SSSR count). The van der Waals surface area contributed by atoms with Gasteiger partial charge in [0.2, 0.25) is 5.88 Å². The molecule has 126 valence electrons. The third-order valence-electron chi connectivity index (χ3n) is 2.85. The molecule has 0 amide bonds. The zero-order valence-electron chi connectivity index (χ0n) is 13.5. The van der Waals surface area contributed by atoms with Crippen LogP contribution in [-0.4, -0.2) is 29.6 Å². The van der Waals surface area contributed by atoms with Gasteiger partial charge in [-0.3, -0.25) is 0 Å². The summed E-state index contributed by atoms with van der Waals surface area (Å²) in [6.45, 7) is 6.13. The first-order valence-electron chi connectivity index (χ1n) is 7.13.